The van der Waals surface area contributed by atoms with Crippen molar-refractivity contribution in [1.29, 1.82) is 0 Å². The number of hydrogen-bond donors (Lipinski definition) is 3. The number of nitrogens with zero attached hydrogens (tertiary/aromatic N) is 5. The van der Waals surface area contributed by atoms with Crippen LogP contribution in [0.3, 0.4) is 0 Å². The van der Waals surface area contributed by atoms with Crippen molar-refractivity contribution in [2.75, 3.05) is 18.5 Å². The second-order valence-electron chi connectivity index (χ2n) is 6.29. The molecule has 0 aliphatic heterocycles. The lowest BCUT2D eigenvalue weighted by Crippen LogP contribution is -2.23. The number of aromatic nitrogens is 5. The fourth-order valence-electron chi connectivity index (χ4n) is 2.98. The minimum Gasteiger partial charge on any atom is -0.402 e. The first-order chi connectivity index (χ1) is 14.5. The number of carbonyl (C=O) groups excluding carboxylic acids is 1. The summed E-state index contributed by atoms with van der Waals surface area (Å²) in [5.74, 6) is -0.825. The minimum absolute atomic E-state index is 0.0785. The number of nitrogen functional groups attached to an aromatic ring is 2. The number of anilines is 2. The number of carbonyl (C=O) groups is 1. The number of rotatable bonds is 4. The van der Waals surface area contributed by atoms with Crippen LogP contribution >= 0.6 is 0 Å². The molecule has 0 atom stereocenters. The summed E-state index contributed by atoms with van der Waals surface area (Å²) in [5.41, 5.74) is 13.2. The van der Waals surface area contributed by atoms with E-state index in [2.05, 4.69) is 25.4 Å². The third-order valence-electron chi connectivity index (χ3n) is 4.30. The highest BCUT2D eigenvalue weighted by atomic mass is 19.1. The van der Waals surface area contributed by atoms with Crippen LogP contribution in [0.4, 0.5) is 20.8 Å². The Morgan fingerprint density at radius 1 is 1.20 bits per heavy atom. The van der Waals surface area contributed by atoms with Crippen molar-refractivity contribution in [1.82, 2.24) is 30.0 Å². The summed E-state index contributed by atoms with van der Waals surface area (Å²) in [6.07, 6.45) is 2.56. The number of nitrogens with two attached hydrogens (primary N) is 2. The number of halogens is 1. The summed E-state index contributed by atoms with van der Waals surface area (Å²) in [6, 6.07) is 8.25. The molecular weight excluding hydrogens is 391 g/mol. The zero-order valence-electron chi connectivity index (χ0n) is 15.8. The molecule has 0 radical (unpaired) electrons. The summed E-state index contributed by atoms with van der Waals surface area (Å²) in [4.78, 5) is 23.9. The van der Waals surface area contributed by atoms with Gasteiger partial charge in [-0.05, 0) is 17.7 Å². The number of amides is 1. The molecule has 0 saturated carbocycles. The van der Waals surface area contributed by atoms with Crippen LogP contribution in [0.15, 0.2) is 42.7 Å². The average Bonchev–Trinajstić information content (AvgIpc) is 3.10. The van der Waals surface area contributed by atoms with E-state index in [0.29, 0.717) is 11.1 Å². The molecule has 10 nitrogen and oxygen atoms in total. The van der Waals surface area contributed by atoms with Crippen molar-refractivity contribution >= 4 is 28.6 Å². The molecule has 0 bridgehead atoms. The van der Waals surface area contributed by atoms with Crippen LogP contribution < -0.4 is 21.5 Å². The number of pyridine rings is 1. The Kier molecular flexibility index (Phi) is 4.84. The number of benzene rings is 1. The molecule has 1 amide bonds. The van der Waals surface area contributed by atoms with Crippen molar-refractivity contribution in [2.45, 2.75) is 6.54 Å². The topological polar surface area (TPSA) is 147 Å². The monoisotopic (exact) mass is 408 g/mol. The summed E-state index contributed by atoms with van der Waals surface area (Å²) in [5, 5.41) is 7.26. The van der Waals surface area contributed by atoms with Crippen LogP contribution in [0.5, 0.6) is 5.75 Å². The van der Waals surface area contributed by atoms with Gasteiger partial charge in [-0.2, -0.15) is 5.10 Å². The maximum Gasteiger partial charge on any atom is 0.412 e. The fraction of sp³-hybridized carbons (Fsp3) is 0.105. The number of fused-ring (bicyclic) bond motifs is 1. The van der Waals surface area contributed by atoms with Gasteiger partial charge in [-0.3, -0.25) is 9.67 Å². The summed E-state index contributed by atoms with van der Waals surface area (Å²) < 4.78 is 21.1. The lowest BCUT2D eigenvalue weighted by Gasteiger charge is -2.09. The molecule has 4 rings (SSSR count). The molecule has 0 unspecified atom stereocenters. The first-order valence-corrected chi connectivity index (χ1v) is 8.84. The smallest absolute Gasteiger partial charge is 0.402 e. The van der Waals surface area contributed by atoms with Gasteiger partial charge in [0.05, 0.1) is 6.54 Å². The van der Waals surface area contributed by atoms with Gasteiger partial charge in [0.15, 0.2) is 17.5 Å². The second kappa shape index (κ2) is 7.62. The Morgan fingerprint density at radius 2 is 1.97 bits per heavy atom. The van der Waals surface area contributed by atoms with E-state index < -0.39 is 11.9 Å². The average molecular weight is 408 g/mol. The highest BCUT2D eigenvalue weighted by molar-refractivity contribution is 5.92. The van der Waals surface area contributed by atoms with E-state index in [-0.39, 0.29) is 35.3 Å². The third kappa shape index (κ3) is 3.43. The molecule has 0 spiro atoms. The lowest BCUT2D eigenvalue weighted by atomic mass is 10.2. The van der Waals surface area contributed by atoms with Gasteiger partial charge in [-0.15, -0.1) is 0 Å². The molecule has 4 aromatic rings. The number of hydrogen-bond acceptors (Lipinski definition) is 8. The quantitative estimate of drug-likeness (QED) is 0.464. The first kappa shape index (κ1) is 19.1. The molecular formula is C19H17FN8O2. The normalized spacial score (nSPS) is 10.9. The molecule has 3 heterocycles. The van der Waals surface area contributed by atoms with E-state index in [0.717, 1.165) is 5.56 Å². The number of ether oxygens (including phenoxy) is 1. The Labute approximate surface area is 169 Å². The van der Waals surface area contributed by atoms with Crippen molar-refractivity contribution < 1.29 is 13.9 Å². The van der Waals surface area contributed by atoms with Crippen LogP contribution in [0, 0.1) is 5.82 Å². The van der Waals surface area contributed by atoms with Crippen LogP contribution in [0.1, 0.15) is 5.56 Å². The SMILES string of the molecule is CNC(=O)Oc1c(N)nc(-c2nn(Cc3cccnc3)c3c(F)cccc23)nc1N. The van der Waals surface area contributed by atoms with Gasteiger partial charge < -0.3 is 21.5 Å². The van der Waals surface area contributed by atoms with Gasteiger partial charge in [0, 0.05) is 24.8 Å². The predicted octanol–water partition coefficient (Wildman–Crippen LogP) is 1.96. The third-order valence-corrected chi connectivity index (χ3v) is 4.30. The highest BCUT2D eigenvalue weighted by Gasteiger charge is 2.21. The van der Waals surface area contributed by atoms with E-state index >= 15 is 0 Å². The molecule has 0 saturated heterocycles. The highest BCUT2D eigenvalue weighted by Crippen LogP contribution is 2.32. The maximum atomic E-state index is 14.7. The Balaban J connectivity index is 1.84. The van der Waals surface area contributed by atoms with Crippen LogP contribution in [0.25, 0.3) is 22.4 Å². The summed E-state index contributed by atoms with van der Waals surface area (Å²) in [6.45, 7) is 0.286. The van der Waals surface area contributed by atoms with E-state index in [1.165, 1.54) is 17.8 Å². The first-order valence-electron chi connectivity index (χ1n) is 8.84. The number of para-hydroxylation sites is 1. The standard InChI is InChI=1S/C19H17FN8O2/c1-23-19(29)30-15-16(21)25-18(26-17(15)22)13-11-5-2-6-12(20)14(11)28(27-13)9-10-4-3-7-24-8-10/h2-8H,9H2,1H3,(H,23,29)(H4,21,22,25,26). The molecule has 3 aromatic heterocycles. The van der Waals surface area contributed by atoms with E-state index in [1.807, 2.05) is 6.07 Å². The maximum absolute atomic E-state index is 14.7. The van der Waals surface area contributed by atoms with Crippen molar-refractivity contribution in [2.24, 2.45) is 0 Å². The lowest BCUT2D eigenvalue weighted by molar-refractivity contribution is 0.203. The molecule has 11 heteroatoms. The molecule has 1 aromatic carbocycles. The largest absolute Gasteiger partial charge is 0.412 e. The summed E-state index contributed by atoms with van der Waals surface area (Å²) in [7, 11) is 1.39. The van der Waals surface area contributed by atoms with E-state index in [1.54, 1.807) is 30.6 Å². The zero-order chi connectivity index (χ0) is 21.3. The predicted molar refractivity (Wildman–Crippen MR) is 108 cm³/mol. The Hall–Kier alpha value is -4.28. The molecule has 0 fully saturated rings. The van der Waals surface area contributed by atoms with Gasteiger partial charge in [0.2, 0.25) is 5.75 Å². The van der Waals surface area contributed by atoms with Gasteiger partial charge in [-0.25, -0.2) is 19.2 Å². The fourth-order valence-corrected chi connectivity index (χ4v) is 2.98. The van der Waals surface area contributed by atoms with Crippen LogP contribution in [-0.2, 0) is 6.54 Å². The molecule has 0 aliphatic carbocycles. The molecule has 152 valence electrons. The van der Waals surface area contributed by atoms with Gasteiger partial charge in [0.1, 0.15) is 17.0 Å². The minimum atomic E-state index is -0.766. The van der Waals surface area contributed by atoms with Gasteiger partial charge in [-0.1, -0.05) is 18.2 Å². The second-order valence-corrected chi connectivity index (χ2v) is 6.29. The van der Waals surface area contributed by atoms with Crippen LogP contribution in [-0.4, -0.2) is 37.9 Å². The van der Waals surface area contributed by atoms with Crippen LogP contribution in [0.2, 0.25) is 0 Å². The van der Waals surface area contributed by atoms with Gasteiger partial charge >= 0.3 is 6.09 Å². The van der Waals surface area contributed by atoms with E-state index in [9.17, 15) is 9.18 Å². The summed E-state index contributed by atoms with van der Waals surface area (Å²) >= 11 is 0. The zero-order valence-corrected chi connectivity index (χ0v) is 15.8. The van der Waals surface area contributed by atoms with E-state index in [4.69, 9.17) is 16.2 Å². The molecule has 5 N–H and O–H groups in total. The Morgan fingerprint density at radius 3 is 2.63 bits per heavy atom. The number of nitrogens with one attached hydrogen (secondary N) is 1. The van der Waals surface area contributed by atoms with Crippen molar-refractivity contribution in [3.05, 3.63) is 54.1 Å². The van der Waals surface area contributed by atoms with Gasteiger partial charge in [0.25, 0.3) is 0 Å². The Bertz CT molecular complexity index is 1220. The van der Waals surface area contributed by atoms with Crippen molar-refractivity contribution in [3.8, 4) is 17.3 Å². The molecule has 0 aliphatic rings. The molecule has 30 heavy (non-hydrogen) atoms. The van der Waals surface area contributed by atoms with Crippen molar-refractivity contribution in [3.63, 3.8) is 0 Å².